The van der Waals surface area contributed by atoms with E-state index in [0.717, 1.165) is 11.1 Å². The van der Waals surface area contributed by atoms with Gasteiger partial charge in [-0.25, -0.2) is 0 Å². The number of benzene rings is 4. The molecule has 0 atom stereocenters. The molecule has 0 saturated heterocycles. The van der Waals surface area contributed by atoms with E-state index < -0.39 is 5.92 Å². The fraction of sp³-hybridized carbons (Fsp3) is 0.0714. The Morgan fingerprint density at radius 3 is 2.00 bits per heavy atom. The maximum atomic E-state index is 13.4. The molecule has 4 rings (SSSR count). The third kappa shape index (κ3) is 5.45. The minimum atomic E-state index is -0.476. The molecule has 2 amide bonds. The van der Waals surface area contributed by atoms with Gasteiger partial charge in [0.1, 0.15) is 5.75 Å². The summed E-state index contributed by atoms with van der Waals surface area (Å²) in [5.74, 6) is -0.541. The Balaban J connectivity index is 1.56. The van der Waals surface area contributed by atoms with Gasteiger partial charge in [-0.2, -0.15) is 0 Å². The minimum absolute atomic E-state index is 0.171. The number of ether oxygens (including phenoxy) is 1. The Morgan fingerprint density at radius 2 is 1.41 bits per heavy atom. The molecule has 0 aliphatic rings. The van der Waals surface area contributed by atoms with Gasteiger partial charge in [0, 0.05) is 22.3 Å². The highest BCUT2D eigenvalue weighted by atomic mass is 35.5. The number of hydrogen-bond donors (Lipinski definition) is 2. The second kappa shape index (κ2) is 10.7. The molecule has 0 radical (unpaired) electrons. The van der Waals surface area contributed by atoms with Gasteiger partial charge in [-0.1, -0.05) is 78.3 Å². The summed E-state index contributed by atoms with van der Waals surface area (Å²) in [6, 6.07) is 31.0. The predicted molar refractivity (Wildman–Crippen MR) is 136 cm³/mol. The number of methoxy groups -OCH3 is 1. The quantitative estimate of drug-likeness (QED) is 0.329. The van der Waals surface area contributed by atoms with Gasteiger partial charge in [0.15, 0.2) is 0 Å². The summed E-state index contributed by atoms with van der Waals surface area (Å²) >= 11 is 5.99. The van der Waals surface area contributed by atoms with Crippen LogP contribution in [0.1, 0.15) is 27.4 Å². The lowest BCUT2D eigenvalue weighted by molar-refractivity contribution is -0.116. The summed E-state index contributed by atoms with van der Waals surface area (Å²) < 4.78 is 5.47. The van der Waals surface area contributed by atoms with E-state index in [1.807, 2.05) is 60.7 Å². The number of rotatable bonds is 7. The zero-order valence-corrected chi connectivity index (χ0v) is 19.3. The largest absolute Gasteiger partial charge is 0.494 e. The van der Waals surface area contributed by atoms with Crippen molar-refractivity contribution in [2.45, 2.75) is 5.92 Å². The lowest BCUT2D eigenvalue weighted by atomic mass is 9.90. The van der Waals surface area contributed by atoms with Crippen LogP contribution in [0.2, 0.25) is 5.02 Å². The van der Waals surface area contributed by atoms with Crippen LogP contribution in [0.3, 0.4) is 0 Å². The number of amides is 2. The Kier molecular flexibility index (Phi) is 7.25. The molecule has 0 saturated carbocycles. The molecule has 0 heterocycles. The van der Waals surface area contributed by atoms with Gasteiger partial charge in [-0.05, 0) is 41.5 Å². The van der Waals surface area contributed by atoms with E-state index in [9.17, 15) is 9.59 Å². The maximum absolute atomic E-state index is 13.4. The van der Waals surface area contributed by atoms with Crippen molar-refractivity contribution in [3.63, 3.8) is 0 Å². The van der Waals surface area contributed by atoms with Crippen LogP contribution in [0.4, 0.5) is 11.4 Å². The van der Waals surface area contributed by atoms with Crippen LogP contribution in [0.5, 0.6) is 5.75 Å². The van der Waals surface area contributed by atoms with E-state index in [0.29, 0.717) is 27.7 Å². The van der Waals surface area contributed by atoms with Crippen LogP contribution in [0.15, 0.2) is 103 Å². The molecular formula is C28H23ClN2O3. The second-order valence-corrected chi connectivity index (χ2v) is 8.06. The van der Waals surface area contributed by atoms with Gasteiger partial charge >= 0.3 is 0 Å². The third-order valence-electron chi connectivity index (χ3n) is 5.33. The van der Waals surface area contributed by atoms with Crippen molar-refractivity contribution in [3.8, 4) is 5.75 Å². The highest BCUT2D eigenvalue weighted by molar-refractivity contribution is 6.31. The monoisotopic (exact) mass is 470 g/mol. The summed E-state index contributed by atoms with van der Waals surface area (Å²) in [4.78, 5) is 26.0. The van der Waals surface area contributed by atoms with Crippen LogP contribution < -0.4 is 15.4 Å². The molecule has 170 valence electrons. The standard InChI is InChI=1S/C28H23ClN2O3/c1-34-25-18-23(15-16-24(25)31-27(32)21-13-8-14-22(29)17-21)30-28(33)26(19-9-4-2-5-10-19)20-11-6-3-7-12-20/h2-18,26H,1H3,(H,30,33)(H,31,32). The predicted octanol–water partition coefficient (Wildman–Crippen LogP) is 6.37. The number of carbonyl (C=O) groups is 2. The van der Waals surface area contributed by atoms with Gasteiger partial charge in [-0.15, -0.1) is 0 Å². The third-order valence-corrected chi connectivity index (χ3v) is 5.57. The molecule has 0 unspecified atom stereocenters. The van der Waals surface area contributed by atoms with Gasteiger partial charge in [0.05, 0.1) is 18.7 Å². The molecule has 0 aromatic heterocycles. The van der Waals surface area contributed by atoms with Crippen LogP contribution >= 0.6 is 11.6 Å². The van der Waals surface area contributed by atoms with Crippen molar-refractivity contribution < 1.29 is 14.3 Å². The molecule has 6 heteroatoms. The first kappa shape index (κ1) is 23.1. The molecule has 0 spiro atoms. The lowest BCUT2D eigenvalue weighted by Crippen LogP contribution is -2.22. The number of halogens is 1. The normalized spacial score (nSPS) is 10.6. The van der Waals surface area contributed by atoms with E-state index >= 15 is 0 Å². The van der Waals surface area contributed by atoms with Crippen molar-refractivity contribution in [1.82, 2.24) is 0 Å². The topological polar surface area (TPSA) is 67.4 Å². The summed E-state index contributed by atoms with van der Waals surface area (Å²) in [6.07, 6.45) is 0. The van der Waals surface area contributed by atoms with Crippen molar-refractivity contribution in [2.75, 3.05) is 17.7 Å². The summed E-state index contributed by atoms with van der Waals surface area (Å²) in [6.45, 7) is 0. The zero-order chi connectivity index (χ0) is 23.9. The summed E-state index contributed by atoms with van der Waals surface area (Å²) in [5, 5.41) is 6.28. The van der Waals surface area contributed by atoms with Crippen molar-refractivity contribution in [2.24, 2.45) is 0 Å². The molecule has 34 heavy (non-hydrogen) atoms. The minimum Gasteiger partial charge on any atom is -0.494 e. The Hall–Kier alpha value is -4.09. The zero-order valence-electron chi connectivity index (χ0n) is 18.5. The number of carbonyl (C=O) groups excluding carboxylic acids is 2. The molecule has 4 aromatic rings. The number of nitrogens with one attached hydrogen (secondary N) is 2. The molecule has 0 aliphatic carbocycles. The average Bonchev–Trinajstić information content (AvgIpc) is 2.86. The second-order valence-electron chi connectivity index (χ2n) is 7.62. The SMILES string of the molecule is COc1cc(NC(=O)C(c2ccccc2)c2ccccc2)ccc1NC(=O)c1cccc(Cl)c1. The molecule has 0 aliphatic heterocycles. The van der Waals surface area contributed by atoms with Gasteiger partial charge in [0.2, 0.25) is 5.91 Å². The molecule has 2 N–H and O–H groups in total. The van der Waals surface area contributed by atoms with Gasteiger partial charge < -0.3 is 15.4 Å². The number of anilines is 2. The van der Waals surface area contributed by atoms with Crippen molar-refractivity contribution >= 4 is 34.8 Å². The first-order valence-electron chi connectivity index (χ1n) is 10.7. The van der Waals surface area contributed by atoms with Crippen LogP contribution in [-0.4, -0.2) is 18.9 Å². The fourth-order valence-electron chi connectivity index (χ4n) is 3.70. The Bertz CT molecular complexity index is 1250. The highest BCUT2D eigenvalue weighted by Crippen LogP contribution is 2.31. The van der Waals surface area contributed by atoms with Crippen LogP contribution in [-0.2, 0) is 4.79 Å². The van der Waals surface area contributed by atoms with E-state index in [-0.39, 0.29) is 11.8 Å². The summed E-state index contributed by atoms with van der Waals surface area (Å²) in [5.41, 5.74) is 3.25. The molecular weight excluding hydrogens is 448 g/mol. The Morgan fingerprint density at radius 1 is 0.765 bits per heavy atom. The molecule has 4 aromatic carbocycles. The van der Waals surface area contributed by atoms with E-state index in [1.54, 1.807) is 42.5 Å². The highest BCUT2D eigenvalue weighted by Gasteiger charge is 2.23. The first-order valence-corrected chi connectivity index (χ1v) is 11.1. The Labute approximate surface area is 203 Å². The molecule has 0 fully saturated rings. The average molecular weight is 471 g/mol. The van der Waals surface area contributed by atoms with Crippen molar-refractivity contribution in [3.05, 3.63) is 125 Å². The van der Waals surface area contributed by atoms with E-state index in [4.69, 9.17) is 16.3 Å². The van der Waals surface area contributed by atoms with Crippen LogP contribution in [0, 0.1) is 0 Å². The fourth-order valence-corrected chi connectivity index (χ4v) is 3.89. The van der Waals surface area contributed by atoms with Crippen molar-refractivity contribution in [1.29, 1.82) is 0 Å². The van der Waals surface area contributed by atoms with Gasteiger partial charge in [0.25, 0.3) is 5.91 Å². The van der Waals surface area contributed by atoms with E-state index in [1.165, 1.54) is 7.11 Å². The summed E-state index contributed by atoms with van der Waals surface area (Å²) in [7, 11) is 1.51. The van der Waals surface area contributed by atoms with E-state index in [2.05, 4.69) is 10.6 Å². The molecule has 5 nitrogen and oxygen atoms in total. The smallest absolute Gasteiger partial charge is 0.255 e. The molecule has 0 bridgehead atoms. The van der Waals surface area contributed by atoms with Gasteiger partial charge in [-0.3, -0.25) is 9.59 Å². The maximum Gasteiger partial charge on any atom is 0.255 e. The lowest BCUT2D eigenvalue weighted by Gasteiger charge is -2.19. The van der Waals surface area contributed by atoms with Crippen LogP contribution in [0.25, 0.3) is 0 Å². The number of hydrogen-bond acceptors (Lipinski definition) is 3. The first-order chi connectivity index (χ1) is 16.5.